The first-order chi connectivity index (χ1) is 5.72. The van der Waals surface area contributed by atoms with Gasteiger partial charge in [0, 0.05) is 20.2 Å². The third-order valence-corrected chi connectivity index (χ3v) is 1.44. The Bertz CT molecular complexity index is 103. The smallest absolute Gasteiger partial charge is 0.180 e. The van der Waals surface area contributed by atoms with E-state index in [0.717, 1.165) is 6.54 Å². The maximum atomic E-state index is 9.17. The third-order valence-electron chi connectivity index (χ3n) is 1.44. The maximum absolute atomic E-state index is 9.17. The number of ether oxygens (including phenoxy) is 1. The van der Waals surface area contributed by atoms with Crippen LogP contribution in [0, 0.1) is 0 Å². The van der Waals surface area contributed by atoms with Crippen LogP contribution in [0.25, 0.3) is 0 Å². The Hall–Kier alpha value is -0.200. The number of hydrazine groups is 1. The summed E-state index contributed by atoms with van der Waals surface area (Å²) < 4.78 is 4.53. The van der Waals surface area contributed by atoms with E-state index in [1.54, 1.807) is 0 Å². The summed E-state index contributed by atoms with van der Waals surface area (Å²) in [6.07, 6.45) is -1.48. The number of hydrogen-bond donors (Lipinski definition) is 4. The van der Waals surface area contributed by atoms with Crippen molar-refractivity contribution in [1.82, 2.24) is 10.9 Å². The lowest BCUT2D eigenvalue weighted by Crippen LogP contribution is -2.36. The molecule has 0 saturated carbocycles. The predicted molar refractivity (Wildman–Crippen MR) is 45.3 cm³/mol. The fourth-order valence-electron chi connectivity index (χ4n) is 0.733. The Labute approximate surface area is 72.7 Å². The molecule has 0 saturated heterocycles. The largest absolute Gasteiger partial charge is 0.388 e. The van der Waals surface area contributed by atoms with Gasteiger partial charge in [-0.25, -0.2) is 0 Å². The van der Waals surface area contributed by atoms with Gasteiger partial charge in [-0.15, -0.1) is 0 Å². The van der Waals surface area contributed by atoms with Gasteiger partial charge in [-0.3, -0.25) is 10.9 Å². The van der Waals surface area contributed by atoms with E-state index in [2.05, 4.69) is 15.6 Å². The van der Waals surface area contributed by atoms with Crippen LogP contribution in [0.4, 0.5) is 0 Å². The molecule has 0 heterocycles. The van der Waals surface area contributed by atoms with E-state index in [1.165, 1.54) is 7.11 Å². The lowest BCUT2D eigenvalue weighted by molar-refractivity contribution is -0.145. The molecule has 0 bridgehead atoms. The lowest BCUT2D eigenvalue weighted by Gasteiger charge is -2.15. The normalized spacial score (nSPS) is 16.0. The van der Waals surface area contributed by atoms with E-state index in [0.29, 0.717) is 13.0 Å². The van der Waals surface area contributed by atoms with Crippen LogP contribution in [-0.2, 0) is 4.74 Å². The first kappa shape index (κ1) is 11.8. The second kappa shape index (κ2) is 7.45. The SMILES string of the molecule is CCNNCC[C@@H](O)C(O)OC. The highest BCUT2D eigenvalue weighted by Gasteiger charge is 2.13. The zero-order valence-corrected chi connectivity index (χ0v) is 7.58. The van der Waals surface area contributed by atoms with E-state index < -0.39 is 12.4 Å². The van der Waals surface area contributed by atoms with Gasteiger partial charge in [-0.2, -0.15) is 0 Å². The minimum atomic E-state index is -1.09. The molecule has 1 unspecified atom stereocenters. The van der Waals surface area contributed by atoms with Crippen molar-refractivity contribution in [2.24, 2.45) is 0 Å². The number of aliphatic hydroxyl groups is 2. The van der Waals surface area contributed by atoms with Crippen LogP contribution in [0.3, 0.4) is 0 Å². The third kappa shape index (κ3) is 5.45. The van der Waals surface area contributed by atoms with Crippen molar-refractivity contribution in [3.05, 3.63) is 0 Å². The highest BCUT2D eigenvalue weighted by Crippen LogP contribution is 1.97. The molecule has 12 heavy (non-hydrogen) atoms. The van der Waals surface area contributed by atoms with Crippen LogP contribution in [0.5, 0.6) is 0 Å². The number of hydrogen-bond acceptors (Lipinski definition) is 5. The summed E-state index contributed by atoms with van der Waals surface area (Å²) in [6, 6.07) is 0. The molecular formula is C7H18N2O3. The molecule has 0 amide bonds. The molecule has 0 aliphatic heterocycles. The van der Waals surface area contributed by atoms with Crippen molar-refractivity contribution in [1.29, 1.82) is 0 Å². The maximum Gasteiger partial charge on any atom is 0.180 e. The molecule has 0 aliphatic carbocycles. The quantitative estimate of drug-likeness (QED) is 0.224. The Morgan fingerprint density at radius 1 is 1.33 bits per heavy atom. The van der Waals surface area contributed by atoms with Crippen LogP contribution in [-0.4, -0.2) is 42.8 Å². The van der Waals surface area contributed by atoms with Crippen molar-refractivity contribution in [3.63, 3.8) is 0 Å². The molecule has 0 radical (unpaired) electrons. The van der Waals surface area contributed by atoms with Gasteiger partial charge in [0.25, 0.3) is 0 Å². The molecule has 0 rings (SSSR count). The van der Waals surface area contributed by atoms with E-state index in [9.17, 15) is 5.11 Å². The van der Waals surface area contributed by atoms with Gasteiger partial charge in [0.1, 0.15) is 6.10 Å². The lowest BCUT2D eigenvalue weighted by atomic mass is 10.2. The molecule has 5 heteroatoms. The molecule has 0 aliphatic rings. The fraction of sp³-hybridized carbons (Fsp3) is 1.00. The summed E-state index contributed by atoms with van der Waals surface area (Å²) in [5, 5.41) is 18.1. The topological polar surface area (TPSA) is 73.8 Å². The van der Waals surface area contributed by atoms with Gasteiger partial charge in [0.05, 0.1) is 0 Å². The molecule has 0 aromatic carbocycles. The highest BCUT2D eigenvalue weighted by molar-refractivity contribution is 4.58. The number of methoxy groups -OCH3 is 1. The minimum absolute atomic E-state index is 0.446. The summed E-state index contributed by atoms with van der Waals surface area (Å²) in [7, 11) is 1.35. The van der Waals surface area contributed by atoms with E-state index in [-0.39, 0.29) is 0 Å². The van der Waals surface area contributed by atoms with E-state index in [4.69, 9.17) is 5.11 Å². The van der Waals surface area contributed by atoms with Gasteiger partial charge in [-0.05, 0) is 6.42 Å². The Balaban J connectivity index is 3.24. The van der Waals surface area contributed by atoms with Gasteiger partial charge in [-0.1, -0.05) is 6.92 Å². The molecular weight excluding hydrogens is 160 g/mol. The molecule has 0 fully saturated rings. The Morgan fingerprint density at radius 3 is 2.50 bits per heavy atom. The van der Waals surface area contributed by atoms with Crippen molar-refractivity contribution in [3.8, 4) is 0 Å². The van der Waals surface area contributed by atoms with E-state index in [1.807, 2.05) is 6.92 Å². The first-order valence-corrected chi connectivity index (χ1v) is 4.07. The van der Waals surface area contributed by atoms with Crippen LogP contribution >= 0.6 is 0 Å². The Kier molecular flexibility index (Phi) is 7.33. The average Bonchev–Trinajstić information content (AvgIpc) is 2.10. The monoisotopic (exact) mass is 178 g/mol. The standard InChI is InChI=1S/C7H18N2O3/c1-3-8-9-5-4-6(10)7(11)12-2/h6-11H,3-5H2,1-2H3/t6-,7?/m1/s1. The van der Waals surface area contributed by atoms with Gasteiger partial charge in [0.15, 0.2) is 6.29 Å². The number of aliphatic hydroxyl groups excluding tert-OH is 2. The van der Waals surface area contributed by atoms with Crippen LogP contribution in [0.1, 0.15) is 13.3 Å². The number of rotatable bonds is 7. The molecule has 0 spiro atoms. The summed E-state index contributed by atoms with van der Waals surface area (Å²) in [4.78, 5) is 0. The molecule has 5 nitrogen and oxygen atoms in total. The molecule has 0 aromatic rings. The summed E-state index contributed by atoms with van der Waals surface area (Å²) in [5.41, 5.74) is 5.75. The van der Waals surface area contributed by atoms with Gasteiger partial charge >= 0.3 is 0 Å². The van der Waals surface area contributed by atoms with Gasteiger partial charge < -0.3 is 14.9 Å². The Morgan fingerprint density at radius 2 is 2.00 bits per heavy atom. The molecule has 4 N–H and O–H groups in total. The van der Waals surface area contributed by atoms with Crippen LogP contribution in [0.2, 0.25) is 0 Å². The first-order valence-electron chi connectivity index (χ1n) is 4.07. The fourth-order valence-corrected chi connectivity index (χ4v) is 0.733. The summed E-state index contributed by atoms with van der Waals surface area (Å²) >= 11 is 0. The number of nitrogens with one attached hydrogen (secondary N) is 2. The predicted octanol–water partition coefficient (Wildman–Crippen LogP) is -1.18. The van der Waals surface area contributed by atoms with E-state index >= 15 is 0 Å². The zero-order chi connectivity index (χ0) is 9.40. The summed E-state index contributed by atoms with van der Waals surface area (Å²) in [5.74, 6) is 0. The molecule has 74 valence electrons. The second-order valence-electron chi connectivity index (χ2n) is 2.44. The average molecular weight is 178 g/mol. The minimum Gasteiger partial charge on any atom is -0.388 e. The van der Waals surface area contributed by atoms with Gasteiger partial charge in [0.2, 0.25) is 0 Å². The molecule has 0 aromatic heterocycles. The van der Waals surface area contributed by atoms with Crippen molar-refractivity contribution in [2.75, 3.05) is 20.2 Å². The summed E-state index contributed by atoms with van der Waals surface area (Å²) in [6.45, 7) is 3.38. The van der Waals surface area contributed by atoms with Crippen LogP contribution in [0.15, 0.2) is 0 Å². The second-order valence-corrected chi connectivity index (χ2v) is 2.44. The zero-order valence-electron chi connectivity index (χ0n) is 7.58. The van der Waals surface area contributed by atoms with Crippen molar-refractivity contribution in [2.45, 2.75) is 25.7 Å². The van der Waals surface area contributed by atoms with Crippen molar-refractivity contribution >= 4 is 0 Å². The van der Waals surface area contributed by atoms with Crippen molar-refractivity contribution < 1.29 is 14.9 Å². The van der Waals surface area contributed by atoms with Crippen LogP contribution < -0.4 is 10.9 Å². The molecule has 2 atom stereocenters. The highest BCUT2D eigenvalue weighted by atomic mass is 16.6.